The van der Waals surface area contributed by atoms with Crippen molar-refractivity contribution in [3.05, 3.63) is 37.5 Å². The third-order valence-electron chi connectivity index (χ3n) is 6.69. The predicted molar refractivity (Wildman–Crippen MR) is 145 cm³/mol. The molecule has 0 aromatic heterocycles. The normalized spacial score (nSPS) is 31.9. The van der Waals surface area contributed by atoms with E-state index in [4.69, 9.17) is 28.5 Å². The number of carbonyl (C=O) groups is 2. The molecule has 2 aliphatic rings. The van der Waals surface area contributed by atoms with Crippen LogP contribution in [0.4, 0.5) is 9.59 Å². The molecule has 0 bridgehead atoms. The van der Waals surface area contributed by atoms with E-state index in [0.29, 0.717) is 0 Å². The Morgan fingerprint density at radius 3 is 2.38 bits per heavy atom. The Bertz CT molecular complexity index is 890. The van der Waals surface area contributed by atoms with Gasteiger partial charge in [-0.3, -0.25) is 0 Å². The van der Waals surface area contributed by atoms with E-state index in [1.54, 1.807) is 19.1 Å². The minimum atomic E-state index is -1.36. The molecule has 2 rings (SSSR count). The number of hydroxylamine groups is 1. The van der Waals surface area contributed by atoms with E-state index >= 15 is 0 Å². The van der Waals surface area contributed by atoms with E-state index in [1.807, 2.05) is 0 Å². The third kappa shape index (κ3) is 11.6. The van der Waals surface area contributed by atoms with Crippen LogP contribution < -0.4 is 10.8 Å². The first-order chi connectivity index (χ1) is 20.0. The van der Waals surface area contributed by atoms with Crippen molar-refractivity contribution in [2.75, 3.05) is 13.2 Å². The van der Waals surface area contributed by atoms with Crippen LogP contribution in [-0.4, -0.2) is 118 Å². The van der Waals surface area contributed by atoms with E-state index < -0.39 is 86.2 Å². The summed E-state index contributed by atoms with van der Waals surface area (Å²) in [6.07, 6.45) is -4.20. The van der Waals surface area contributed by atoms with Gasteiger partial charge in [-0.15, -0.1) is 0 Å². The predicted octanol–water partition coefficient (Wildman–Crippen LogP) is -0.0931. The molecule has 7 N–H and O–H groups in total. The Hall–Kier alpha value is -2.60. The monoisotopic (exact) mass is 604 g/mol. The van der Waals surface area contributed by atoms with Gasteiger partial charge in [0.2, 0.25) is 6.29 Å². The highest BCUT2D eigenvalue weighted by atomic mass is 16.8. The highest BCUT2D eigenvalue weighted by molar-refractivity contribution is 5.73. The van der Waals surface area contributed by atoms with E-state index in [0.717, 1.165) is 0 Å². The number of allylic oxidation sites excluding steroid dienone is 2. The van der Waals surface area contributed by atoms with Gasteiger partial charge < -0.3 is 54.5 Å². The maximum atomic E-state index is 12.7. The van der Waals surface area contributed by atoms with Crippen LogP contribution in [0, 0.1) is 0 Å². The molecule has 2 amide bonds. The van der Waals surface area contributed by atoms with Crippen molar-refractivity contribution in [3.8, 4) is 0 Å². The molecule has 0 aromatic rings. The number of hydrogen-bond donors (Lipinski definition) is 7. The Kier molecular flexibility index (Phi) is 15.4. The molecule has 2 fully saturated rings. The van der Waals surface area contributed by atoms with Crippen LogP contribution >= 0.6 is 0 Å². The Morgan fingerprint density at radius 1 is 1.02 bits per heavy atom. The molecule has 42 heavy (non-hydrogen) atoms. The van der Waals surface area contributed by atoms with Gasteiger partial charge in [0.1, 0.15) is 31.0 Å². The lowest BCUT2D eigenvalue weighted by atomic mass is 10.0. The largest absolute Gasteiger partial charge is 0.508 e. The van der Waals surface area contributed by atoms with E-state index in [2.05, 4.69) is 24.0 Å². The Morgan fingerprint density at radius 2 is 1.71 bits per heavy atom. The summed E-state index contributed by atoms with van der Waals surface area (Å²) in [6, 6.07) is -1.69. The summed E-state index contributed by atoms with van der Waals surface area (Å²) < 4.78 is 27.0. The van der Waals surface area contributed by atoms with Gasteiger partial charge >= 0.3 is 12.2 Å². The van der Waals surface area contributed by atoms with Crippen molar-refractivity contribution < 1.29 is 63.6 Å². The smallest absolute Gasteiger partial charge is 0.430 e. The summed E-state index contributed by atoms with van der Waals surface area (Å²) in [5.74, 6) is 0. The van der Waals surface area contributed by atoms with Crippen LogP contribution in [-0.2, 0) is 28.5 Å². The molecule has 0 spiro atoms. The highest BCUT2D eigenvalue weighted by Crippen LogP contribution is 2.24. The standard InChI is InChI=1S/C27H44N2O13/c1-5-7-8-17(40-24-21(33)12-19(31)16(4)38-24)9-10-18(15(3)39-27(36)37-11-6-2)28-26(35)29-42-25-22(34)13-20(32)23(14-30)41-25/h5-8,15-25,30-34H,1-2,9-14H2,3-4H3,(H2,28,29,35)/b8-7+/t15-,16+,17-,18-,19-,20-,21-,22?,23?,24-,25-/m0/s1. The number of aliphatic hydroxyl groups excluding tert-OH is 5. The molecule has 0 aliphatic carbocycles. The number of amides is 2. The number of nitrogens with one attached hydrogen (secondary N) is 2. The van der Waals surface area contributed by atoms with Gasteiger partial charge in [-0.2, -0.15) is 0 Å². The van der Waals surface area contributed by atoms with Gasteiger partial charge in [-0.1, -0.05) is 37.5 Å². The molecule has 2 heterocycles. The molecular formula is C27H44N2O13. The molecule has 15 nitrogen and oxygen atoms in total. The van der Waals surface area contributed by atoms with Crippen molar-refractivity contribution in [2.45, 2.75) is 107 Å². The topological polar surface area (TPSA) is 215 Å². The summed E-state index contributed by atoms with van der Waals surface area (Å²) in [5, 5.41) is 52.2. The van der Waals surface area contributed by atoms with Gasteiger partial charge in [-0.05, 0) is 26.7 Å². The lowest BCUT2D eigenvalue weighted by Crippen LogP contribution is -2.54. The SMILES string of the molecule is C=C/C=C/[C@@H](CC[C@H](NC(=O)NO[C@@H]1OC(CO)[C@@H](O)CC1O)[C@H](C)OC(=O)OCC=C)O[C@@H]1O[C@H](C)[C@@H](O)C[C@@H]1O. The molecule has 0 radical (unpaired) electrons. The van der Waals surface area contributed by atoms with Crippen molar-refractivity contribution >= 4 is 12.2 Å². The van der Waals surface area contributed by atoms with Gasteiger partial charge in [0.25, 0.3) is 0 Å². The van der Waals surface area contributed by atoms with Gasteiger partial charge in [0, 0.05) is 12.8 Å². The number of ether oxygens (including phenoxy) is 5. The van der Waals surface area contributed by atoms with E-state index in [1.165, 1.54) is 19.1 Å². The van der Waals surface area contributed by atoms with Crippen LogP contribution in [0.1, 0.15) is 39.5 Å². The minimum Gasteiger partial charge on any atom is -0.430 e. The second-order valence-corrected chi connectivity index (χ2v) is 10.0. The minimum absolute atomic E-state index is 0.0726. The average Bonchev–Trinajstić information content (AvgIpc) is 2.94. The fourth-order valence-corrected chi connectivity index (χ4v) is 4.26. The number of hydrogen-bond acceptors (Lipinski definition) is 13. The number of rotatable bonds is 15. The van der Waals surface area contributed by atoms with Crippen LogP contribution in [0.25, 0.3) is 0 Å². The van der Waals surface area contributed by atoms with Crippen molar-refractivity contribution in [1.29, 1.82) is 0 Å². The van der Waals surface area contributed by atoms with Crippen molar-refractivity contribution in [2.24, 2.45) is 0 Å². The van der Waals surface area contributed by atoms with Crippen molar-refractivity contribution in [1.82, 2.24) is 10.8 Å². The summed E-state index contributed by atoms with van der Waals surface area (Å²) in [6.45, 7) is 9.71. The molecule has 11 atom stereocenters. The Balaban J connectivity index is 2.06. The molecule has 2 saturated heterocycles. The molecule has 0 saturated carbocycles. The zero-order chi connectivity index (χ0) is 31.2. The molecule has 240 valence electrons. The number of aliphatic hydroxyl groups is 5. The molecule has 2 aliphatic heterocycles. The lowest BCUT2D eigenvalue weighted by molar-refractivity contribution is -0.282. The van der Waals surface area contributed by atoms with Gasteiger partial charge in [0.05, 0.1) is 37.1 Å². The van der Waals surface area contributed by atoms with E-state index in [-0.39, 0.29) is 32.3 Å². The van der Waals surface area contributed by atoms with Crippen LogP contribution in [0.3, 0.4) is 0 Å². The molecular weight excluding hydrogens is 560 g/mol. The first kappa shape index (κ1) is 35.6. The van der Waals surface area contributed by atoms with Crippen LogP contribution in [0.2, 0.25) is 0 Å². The van der Waals surface area contributed by atoms with Gasteiger partial charge in [-0.25, -0.2) is 19.9 Å². The first-order valence-electron chi connectivity index (χ1n) is 13.7. The summed E-state index contributed by atoms with van der Waals surface area (Å²) in [4.78, 5) is 29.9. The zero-order valence-corrected chi connectivity index (χ0v) is 23.8. The van der Waals surface area contributed by atoms with Gasteiger partial charge in [0.15, 0.2) is 6.29 Å². The van der Waals surface area contributed by atoms with Crippen molar-refractivity contribution in [3.63, 3.8) is 0 Å². The Labute approximate surface area is 244 Å². The number of urea groups is 1. The molecule has 2 unspecified atom stereocenters. The quantitative estimate of drug-likeness (QED) is 0.0564. The summed E-state index contributed by atoms with van der Waals surface area (Å²) in [7, 11) is 0. The average molecular weight is 605 g/mol. The summed E-state index contributed by atoms with van der Waals surface area (Å²) >= 11 is 0. The molecule has 0 aromatic carbocycles. The van der Waals surface area contributed by atoms with Crippen LogP contribution in [0.5, 0.6) is 0 Å². The maximum absolute atomic E-state index is 12.7. The second kappa shape index (κ2) is 18.1. The summed E-state index contributed by atoms with van der Waals surface area (Å²) in [5.41, 5.74) is 2.10. The fraction of sp³-hybridized carbons (Fsp3) is 0.704. The maximum Gasteiger partial charge on any atom is 0.508 e. The number of carbonyl (C=O) groups excluding carboxylic acids is 2. The third-order valence-corrected chi connectivity index (χ3v) is 6.69. The molecule has 15 heteroatoms. The lowest BCUT2D eigenvalue weighted by Gasteiger charge is -2.37. The van der Waals surface area contributed by atoms with Crippen LogP contribution in [0.15, 0.2) is 37.5 Å². The first-order valence-corrected chi connectivity index (χ1v) is 13.7. The highest BCUT2D eigenvalue weighted by Gasteiger charge is 2.38. The zero-order valence-electron chi connectivity index (χ0n) is 23.8. The second-order valence-electron chi connectivity index (χ2n) is 10.0. The van der Waals surface area contributed by atoms with E-state index in [9.17, 15) is 35.1 Å². The fourth-order valence-electron chi connectivity index (χ4n) is 4.26.